The third kappa shape index (κ3) is 6.33. The van der Waals surface area contributed by atoms with Gasteiger partial charge >= 0.3 is 5.97 Å². The van der Waals surface area contributed by atoms with Crippen molar-refractivity contribution in [2.45, 2.75) is 51.6 Å². The summed E-state index contributed by atoms with van der Waals surface area (Å²) >= 11 is 0. The summed E-state index contributed by atoms with van der Waals surface area (Å²) < 4.78 is 1.92. The minimum absolute atomic E-state index is 0.0185. The average molecular weight is 589 g/mol. The second-order valence-corrected chi connectivity index (χ2v) is 12.3. The number of carbonyl (C=O) groups is 2. The van der Waals surface area contributed by atoms with Gasteiger partial charge in [0.2, 0.25) is 0 Å². The molecule has 0 radical (unpaired) electrons. The molecule has 224 valence electrons. The molecule has 1 fully saturated rings. The van der Waals surface area contributed by atoms with Crippen LogP contribution in [0.25, 0.3) is 16.9 Å². The van der Waals surface area contributed by atoms with Crippen molar-refractivity contribution in [2.24, 2.45) is 0 Å². The molecule has 1 atom stereocenters. The number of carboxylic acids is 1. The standard InChI is InChI=1S/C35H36N6O3/c1-35(2,3)26-13-11-24(12-14-26)33(42)38-28-7-4-6-25(20-28)29-22-41-19-17-36-32(41)31(39-29)37-27-15-9-23(10-16-27)21-40-18-5-8-30(40)34(43)44/h4,6-7,9-17,19-20,22,30H,5,8,18,21H2,1-3H3,(H,37,39)(H,38,42)(H,43,44). The maximum atomic E-state index is 13.0. The van der Waals surface area contributed by atoms with E-state index in [0.717, 1.165) is 29.8 Å². The molecule has 6 rings (SSSR count). The molecule has 0 aliphatic carbocycles. The van der Waals surface area contributed by atoms with Gasteiger partial charge in [0.1, 0.15) is 6.04 Å². The number of nitrogens with zero attached hydrogens (tertiary/aromatic N) is 4. The number of imidazole rings is 1. The first-order valence-corrected chi connectivity index (χ1v) is 14.8. The fourth-order valence-electron chi connectivity index (χ4n) is 5.60. The van der Waals surface area contributed by atoms with Crippen LogP contribution in [0.3, 0.4) is 0 Å². The maximum Gasteiger partial charge on any atom is 0.320 e. The number of aliphatic carboxylic acids is 1. The minimum Gasteiger partial charge on any atom is -0.480 e. The van der Waals surface area contributed by atoms with Gasteiger partial charge in [-0.15, -0.1) is 0 Å². The van der Waals surface area contributed by atoms with Crippen molar-refractivity contribution in [3.63, 3.8) is 0 Å². The second-order valence-electron chi connectivity index (χ2n) is 12.3. The first-order valence-electron chi connectivity index (χ1n) is 14.8. The second kappa shape index (κ2) is 11.9. The van der Waals surface area contributed by atoms with Gasteiger partial charge in [-0.25, -0.2) is 9.97 Å². The number of hydrogen-bond acceptors (Lipinski definition) is 6. The number of amides is 1. The zero-order valence-corrected chi connectivity index (χ0v) is 25.1. The van der Waals surface area contributed by atoms with Crippen molar-refractivity contribution in [3.05, 3.63) is 108 Å². The quantitative estimate of drug-likeness (QED) is 0.184. The van der Waals surface area contributed by atoms with Gasteiger partial charge in [-0.2, -0.15) is 0 Å². The molecule has 0 spiro atoms. The van der Waals surface area contributed by atoms with Crippen LogP contribution in [0, 0.1) is 0 Å². The summed E-state index contributed by atoms with van der Waals surface area (Å²) in [5, 5.41) is 15.9. The molecule has 0 saturated carbocycles. The number of rotatable bonds is 8. The van der Waals surface area contributed by atoms with Crippen LogP contribution in [0.5, 0.6) is 0 Å². The number of aromatic nitrogens is 3. The van der Waals surface area contributed by atoms with E-state index in [-0.39, 0.29) is 11.3 Å². The lowest BCUT2D eigenvalue weighted by Crippen LogP contribution is -2.35. The van der Waals surface area contributed by atoms with Crippen LogP contribution in [-0.2, 0) is 16.8 Å². The van der Waals surface area contributed by atoms with E-state index in [4.69, 9.17) is 4.98 Å². The number of anilines is 3. The first-order chi connectivity index (χ1) is 21.1. The SMILES string of the molecule is CC(C)(C)c1ccc(C(=O)Nc2cccc(-c3cn4ccnc4c(Nc4ccc(CN5CCCC5C(=O)O)cc4)n3)c2)cc1. The Morgan fingerprint density at radius 2 is 1.77 bits per heavy atom. The van der Waals surface area contributed by atoms with Crippen LogP contribution < -0.4 is 10.6 Å². The fraction of sp³-hybridized carbons (Fsp3) is 0.257. The van der Waals surface area contributed by atoms with Gasteiger partial charge in [0.15, 0.2) is 11.5 Å². The van der Waals surface area contributed by atoms with E-state index in [9.17, 15) is 14.7 Å². The smallest absolute Gasteiger partial charge is 0.320 e. The van der Waals surface area contributed by atoms with Gasteiger partial charge in [0.25, 0.3) is 5.91 Å². The Morgan fingerprint density at radius 1 is 1.00 bits per heavy atom. The molecule has 3 aromatic carbocycles. The number of fused-ring (bicyclic) bond motifs is 1. The molecule has 3 heterocycles. The highest BCUT2D eigenvalue weighted by Gasteiger charge is 2.30. The van der Waals surface area contributed by atoms with Crippen molar-refractivity contribution in [1.82, 2.24) is 19.3 Å². The Morgan fingerprint density at radius 3 is 2.50 bits per heavy atom. The van der Waals surface area contributed by atoms with Crippen LogP contribution in [0.2, 0.25) is 0 Å². The van der Waals surface area contributed by atoms with Crippen molar-refractivity contribution < 1.29 is 14.7 Å². The van der Waals surface area contributed by atoms with E-state index in [0.29, 0.717) is 41.4 Å². The van der Waals surface area contributed by atoms with Crippen molar-refractivity contribution in [1.29, 1.82) is 0 Å². The summed E-state index contributed by atoms with van der Waals surface area (Å²) in [4.78, 5) is 36.0. The molecule has 9 heteroatoms. The van der Waals surface area contributed by atoms with Gasteiger partial charge in [-0.3, -0.25) is 14.5 Å². The Labute approximate surface area is 256 Å². The molecular formula is C35H36N6O3. The molecule has 5 aromatic rings. The third-order valence-electron chi connectivity index (χ3n) is 8.05. The highest BCUT2D eigenvalue weighted by atomic mass is 16.4. The maximum absolute atomic E-state index is 13.0. The summed E-state index contributed by atoms with van der Waals surface area (Å²) in [6.07, 6.45) is 7.11. The lowest BCUT2D eigenvalue weighted by molar-refractivity contribution is -0.142. The summed E-state index contributed by atoms with van der Waals surface area (Å²) in [5.41, 5.74) is 6.61. The van der Waals surface area contributed by atoms with E-state index in [1.807, 2.05) is 94.5 Å². The molecule has 44 heavy (non-hydrogen) atoms. The largest absolute Gasteiger partial charge is 0.480 e. The number of benzene rings is 3. The summed E-state index contributed by atoms with van der Waals surface area (Å²) in [5.74, 6) is -0.331. The van der Waals surface area contributed by atoms with Crippen LogP contribution >= 0.6 is 0 Å². The monoisotopic (exact) mass is 588 g/mol. The Bertz CT molecular complexity index is 1810. The molecule has 1 saturated heterocycles. The van der Waals surface area contributed by atoms with Gasteiger partial charge in [-0.1, -0.05) is 57.2 Å². The minimum atomic E-state index is -0.755. The summed E-state index contributed by atoms with van der Waals surface area (Å²) in [7, 11) is 0. The molecule has 1 amide bonds. The molecule has 2 aromatic heterocycles. The zero-order valence-electron chi connectivity index (χ0n) is 25.1. The molecule has 0 bridgehead atoms. The first kappa shape index (κ1) is 29.1. The number of carboxylic acid groups (broad SMARTS) is 1. The summed E-state index contributed by atoms with van der Waals surface area (Å²) in [6.45, 7) is 7.84. The van der Waals surface area contributed by atoms with E-state index in [2.05, 4.69) is 36.4 Å². The molecule has 9 nitrogen and oxygen atoms in total. The van der Waals surface area contributed by atoms with Gasteiger partial charge in [-0.05, 0) is 72.3 Å². The number of hydrogen-bond donors (Lipinski definition) is 3. The number of carbonyl (C=O) groups excluding carboxylic acids is 1. The van der Waals surface area contributed by atoms with Crippen molar-refractivity contribution >= 4 is 34.7 Å². The highest BCUT2D eigenvalue weighted by Crippen LogP contribution is 2.28. The van der Waals surface area contributed by atoms with Crippen molar-refractivity contribution in [3.8, 4) is 11.3 Å². The predicted molar refractivity (Wildman–Crippen MR) is 172 cm³/mol. The molecule has 1 aliphatic rings. The summed E-state index contributed by atoms with van der Waals surface area (Å²) in [6, 6.07) is 22.9. The van der Waals surface area contributed by atoms with Crippen molar-refractivity contribution in [2.75, 3.05) is 17.2 Å². The topological polar surface area (TPSA) is 112 Å². The lowest BCUT2D eigenvalue weighted by atomic mass is 9.87. The normalized spacial score (nSPS) is 15.4. The lowest BCUT2D eigenvalue weighted by Gasteiger charge is -2.21. The average Bonchev–Trinajstić information content (AvgIpc) is 3.68. The fourth-order valence-corrected chi connectivity index (χ4v) is 5.60. The Hall–Kier alpha value is -5.02. The van der Waals surface area contributed by atoms with Gasteiger partial charge in [0, 0.05) is 47.6 Å². The Balaban J connectivity index is 1.19. The highest BCUT2D eigenvalue weighted by molar-refractivity contribution is 6.04. The van der Waals surface area contributed by atoms with Crippen LogP contribution in [-0.4, -0.2) is 48.8 Å². The van der Waals surface area contributed by atoms with Crippen LogP contribution in [0.1, 0.15) is 55.1 Å². The van der Waals surface area contributed by atoms with E-state index < -0.39 is 12.0 Å². The van der Waals surface area contributed by atoms with E-state index in [1.54, 1.807) is 6.20 Å². The van der Waals surface area contributed by atoms with Crippen LogP contribution in [0.4, 0.5) is 17.2 Å². The van der Waals surface area contributed by atoms with Crippen LogP contribution in [0.15, 0.2) is 91.4 Å². The Kier molecular flexibility index (Phi) is 7.88. The molecule has 3 N–H and O–H groups in total. The number of nitrogens with one attached hydrogen (secondary N) is 2. The zero-order chi connectivity index (χ0) is 30.8. The molecule has 1 aliphatic heterocycles. The third-order valence-corrected chi connectivity index (χ3v) is 8.05. The molecule has 1 unspecified atom stereocenters. The predicted octanol–water partition coefficient (Wildman–Crippen LogP) is 6.74. The van der Waals surface area contributed by atoms with E-state index >= 15 is 0 Å². The number of likely N-dealkylation sites (tertiary alicyclic amines) is 1. The van der Waals surface area contributed by atoms with E-state index in [1.165, 1.54) is 5.56 Å². The van der Waals surface area contributed by atoms with Gasteiger partial charge < -0.3 is 20.1 Å². The molecular weight excluding hydrogens is 552 g/mol. The van der Waals surface area contributed by atoms with Gasteiger partial charge in [0.05, 0.1) is 5.69 Å².